The number of carbonyl (C=O) groups is 5. The van der Waals surface area contributed by atoms with Gasteiger partial charge in [-0.15, -0.1) is 0 Å². The zero-order valence-electron chi connectivity index (χ0n) is 33.4. The molecular weight excluding hydrogens is 784 g/mol. The van der Waals surface area contributed by atoms with E-state index in [4.69, 9.17) is 14.2 Å². The lowest BCUT2D eigenvalue weighted by atomic mass is 9.72. The van der Waals surface area contributed by atoms with Crippen LogP contribution in [0.5, 0.6) is 17.2 Å². The highest BCUT2D eigenvalue weighted by Crippen LogP contribution is 2.52. The van der Waals surface area contributed by atoms with Crippen LogP contribution in [-0.2, 0) is 39.6 Å². The van der Waals surface area contributed by atoms with Crippen molar-refractivity contribution >= 4 is 40.7 Å². The van der Waals surface area contributed by atoms with Crippen LogP contribution >= 0.6 is 0 Å². The summed E-state index contributed by atoms with van der Waals surface area (Å²) in [4.78, 5) is 70.8. The van der Waals surface area contributed by atoms with Crippen LogP contribution < -0.4 is 20.7 Å². The second-order valence-corrected chi connectivity index (χ2v) is 15.3. The SMILES string of the molecule is COc1cccc2c1C(=O)c1c(O)c3c(c(O)c1C2=O)CC(O)(C(=O)CO)C[C@H]3OC1C[C@H](NCCC(=O)Nc2cc(C(=O)Nc3cn(C)c(C)n3)n(C)c2)[C@H](O)[C@H](C)O1. The van der Waals surface area contributed by atoms with Crippen LogP contribution in [0.15, 0.2) is 36.7 Å². The van der Waals surface area contributed by atoms with Crippen LogP contribution in [0.25, 0.3) is 0 Å². The monoisotopic (exact) mass is 830 g/mol. The molecule has 2 aromatic carbocycles. The fourth-order valence-electron chi connectivity index (χ4n) is 8.17. The number of phenolic OH excluding ortho intramolecular Hbond substituents is 2. The van der Waals surface area contributed by atoms with Crippen molar-refractivity contribution in [3.05, 3.63) is 81.6 Å². The second-order valence-electron chi connectivity index (χ2n) is 15.3. The normalized spacial score (nSPS) is 23.4. The smallest absolute Gasteiger partial charge is 0.273 e. The lowest BCUT2D eigenvalue weighted by Crippen LogP contribution is -2.55. The Bertz CT molecular complexity index is 2400. The maximum atomic E-state index is 14.0. The van der Waals surface area contributed by atoms with Crippen LogP contribution in [0.1, 0.15) is 91.6 Å². The molecule has 2 amide bonds. The van der Waals surface area contributed by atoms with E-state index in [2.05, 4.69) is 20.9 Å². The van der Waals surface area contributed by atoms with E-state index in [1.54, 1.807) is 49.5 Å². The number of hydrogen-bond acceptors (Lipinski definition) is 15. The topological polar surface area (TPSA) is 273 Å². The molecular formula is C41H46N6O13. The average Bonchev–Trinajstić information content (AvgIpc) is 3.73. The predicted octanol–water partition coefficient (Wildman–Crippen LogP) is 1.29. The third-order valence-corrected chi connectivity index (χ3v) is 11.4. The number of ether oxygens (including phenoxy) is 3. The first-order valence-corrected chi connectivity index (χ1v) is 19.2. The lowest BCUT2D eigenvalue weighted by Gasteiger charge is -2.43. The number of rotatable bonds is 12. The fourth-order valence-corrected chi connectivity index (χ4v) is 8.17. The van der Waals surface area contributed by atoms with Crippen LogP contribution in [0.4, 0.5) is 11.5 Å². The zero-order valence-corrected chi connectivity index (χ0v) is 33.4. The Balaban J connectivity index is 1.07. The summed E-state index contributed by atoms with van der Waals surface area (Å²) in [6.07, 6.45) is -2.56. The van der Waals surface area contributed by atoms with Crippen LogP contribution in [0.2, 0.25) is 0 Å². The summed E-state index contributed by atoms with van der Waals surface area (Å²) in [6.45, 7) is 2.40. The van der Waals surface area contributed by atoms with Gasteiger partial charge in [0.15, 0.2) is 23.7 Å². The molecule has 8 N–H and O–H groups in total. The number of aromatic hydroxyl groups is 2. The van der Waals surface area contributed by atoms with Crippen molar-refractivity contribution in [2.45, 2.75) is 75.8 Å². The number of aliphatic hydroxyl groups excluding tert-OH is 2. The number of imidazole rings is 1. The van der Waals surface area contributed by atoms with Crippen molar-refractivity contribution < 1.29 is 63.7 Å². The van der Waals surface area contributed by atoms with Gasteiger partial charge in [0.2, 0.25) is 11.7 Å². The summed E-state index contributed by atoms with van der Waals surface area (Å²) >= 11 is 0. The minimum Gasteiger partial charge on any atom is -0.507 e. The molecule has 4 aromatic rings. The molecule has 318 valence electrons. The van der Waals surface area contributed by atoms with Crippen LogP contribution in [0, 0.1) is 6.92 Å². The fraction of sp³-hybridized carbons (Fsp3) is 0.415. The summed E-state index contributed by atoms with van der Waals surface area (Å²) in [6, 6.07) is 5.13. The number of aryl methyl sites for hydroxylation is 3. The van der Waals surface area contributed by atoms with E-state index < -0.39 is 102 Å². The lowest BCUT2D eigenvalue weighted by molar-refractivity contribution is -0.249. The van der Waals surface area contributed by atoms with Crippen molar-refractivity contribution in [3.8, 4) is 17.2 Å². The summed E-state index contributed by atoms with van der Waals surface area (Å²) in [5.74, 6) is -3.73. The molecule has 3 aliphatic rings. The van der Waals surface area contributed by atoms with Gasteiger partial charge in [-0.25, -0.2) is 4.98 Å². The number of phenols is 2. The molecule has 19 nitrogen and oxygen atoms in total. The molecule has 60 heavy (non-hydrogen) atoms. The van der Waals surface area contributed by atoms with Crippen LogP contribution in [0.3, 0.4) is 0 Å². The van der Waals surface area contributed by atoms with Gasteiger partial charge in [0.25, 0.3) is 5.91 Å². The molecule has 2 aliphatic carbocycles. The molecule has 3 heterocycles. The maximum absolute atomic E-state index is 14.0. The molecule has 19 heteroatoms. The summed E-state index contributed by atoms with van der Waals surface area (Å²) in [7, 11) is 4.77. The van der Waals surface area contributed by atoms with Gasteiger partial charge in [0.05, 0.1) is 47.8 Å². The number of amides is 2. The average molecular weight is 831 g/mol. The van der Waals surface area contributed by atoms with Crippen LogP contribution in [-0.4, -0.2) is 119 Å². The van der Waals surface area contributed by atoms with Gasteiger partial charge in [-0.2, -0.15) is 0 Å². The first-order valence-electron chi connectivity index (χ1n) is 19.2. The number of fused-ring (bicyclic) bond motifs is 3. The minimum absolute atomic E-state index is 0.0428. The van der Waals surface area contributed by atoms with E-state index in [0.29, 0.717) is 11.5 Å². The Morgan fingerprint density at radius 1 is 1.03 bits per heavy atom. The molecule has 1 saturated heterocycles. The molecule has 2 aromatic heterocycles. The minimum atomic E-state index is -2.33. The number of ketones is 3. The molecule has 7 rings (SSSR count). The molecule has 0 bridgehead atoms. The number of aliphatic hydroxyl groups is 3. The number of Topliss-reactive ketones (excluding diaryl/α,β-unsaturated/α-hetero) is 1. The number of aromatic nitrogens is 3. The Morgan fingerprint density at radius 3 is 2.45 bits per heavy atom. The van der Waals surface area contributed by atoms with Gasteiger partial charge in [0, 0.05) is 81.4 Å². The third kappa shape index (κ3) is 7.55. The van der Waals surface area contributed by atoms with Gasteiger partial charge < -0.3 is 64.8 Å². The number of nitrogens with one attached hydrogen (secondary N) is 3. The number of methoxy groups -OCH3 is 1. The number of nitrogens with zero attached hydrogens (tertiary/aromatic N) is 3. The van der Waals surface area contributed by atoms with Gasteiger partial charge in [-0.3, -0.25) is 24.0 Å². The van der Waals surface area contributed by atoms with E-state index in [-0.39, 0.29) is 59.0 Å². The quantitative estimate of drug-likeness (QED) is 0.0824. The van der Waals surface area contributed by atoms with Crippen molar-refractivity contribution in [1.29, 1.82) is 0 Å². The van der Waals surface area contributed by atoms with Gasteiger partial charge in [0.1, 0.15) is 41.0 Å². The third-order valence-electron chi connectivity index (χ3n) is 11.4. The number of carbonyl (C=O) groups excluding carboxylic acids is 5. The van der Waals surface area contributed by atoms with Crippen molar-refractivity contribution in [2.75, 3.05) is 30.9 Å². The summed E-state index contributed by atoms with van der Waals surface area (Å²) < 4.78 is 20.9. The largest absolute Gasteiger partial charge is 0.507 e. The maximum Gasteiger partial charge on any atom is 0.273 e. The first kappa shape index (κ1) is 42.2. The zero-order chi connectivity index (χ0) is 43.4. The van der Waals surface area contributed by atoms with E-state index in [1.807, 2.05) is 0 Å². The highest BCUT2D eigenvalue weighted by atomic mass is 16.7. The Kier molecular flexibility index (Phi) is 11.4. The molecule has 0 saturated carbocycles. The van der Waals surface area contributed by atoms with Crippen molar-refractivity contribution in [2.24, 2.45) is 14.1 Å². The van der Waals surface area contributed by atoms with E-state index in [9.17, 15) is 49.5 Å². The van der Waals surface area contributed by atoms with E-state index in [0.717, 1.165) is 5.82 Å². The van der Waals surface area contributed by atoms with E-state index in [1.165, 1.54) is 31.4 Å². The molecule has 0 spiro atoms. The second kappa shape index (κ2) is 16.2. The Labute approximate surface area is 342 Å². The molecule has 1 fully saturated rings. The standard InChI is InChI=1S/C41H46N6O13/c1-18-35(51)23(42-10-9-29(50)44-20-11-24(47(4)15-20)40(56)45-28-16-46(3)19(2)43-28)12-30(59-18)60-26-14-41(57,27(49)17-48)13-22-32(26)39(55)34-33(37(22)53)36(52)21-7-6-8-25(58-5)31(21)38(34)54/h6-8,11,15-16,18,23,26,30,35,42,48,51,53,55,57H,9-10,12-14,17H2,1-5H3,(H,44,50)(H,45,56)/t18-,23-,26+,30?,35+,41?/m0/s1. The van der Waals surface area contributed by atoms with Gasteiger partial charge in [-0.1, -0.05) is 12.1 Å². The predicted molar refractivity (Wildman–Crippen MR) is 210 cm³/mol. The van der Waals surface area contributed by atoms with Crippen molar-refractivity contribution in [1.82, 2.24) is 19.4 Å². The van der Waals surface area contributed by atoms with Gasteiger partial charge >= 0.3 is 0 Å². The summed E-state index contributed by atoms with van der Waals surface area (Å²) in [5, 5.41) is 64.5. The van der Waals surface area contributed by atoms with Crippen molar-refractivity contribution in [3.63, 3.8) is 0 Å². The Morgan fingerprint density at radius 2 is 1.77 bits per heavy atom. The van der Waals surface area contributed by atoms with Gasteiger partial charge in [-0.05, 0) is 26.0 Å². The number of hydrogen-bond donors (Lipinski definition) is 8. The Hall–Kier alpha value is -5.96. The first-order chi connectivity index (χ1) is 28.5. The molecule has 6 atom stereocenters. The molecule has 0 radical (unpaired) electrons. The highest BCUT2D eigenvalue weighted by Gasteiger charge is 2.50. The number of benzene rings is 2. The highest BCUT2D eigenvalue weighted by molar-refractivity contribution is 6.31. The molecule has 1 aliphatic heterocycles. The summed E-state index contributed by atoms with van der Waals surface area (Å²) in [5.41, 5.74) is -3.32. The number of anilines is 2. The molecule has 2 unspecified atom stereocenters. The van der Waals surface area contributed by atoms with E-state index >= 15 is 0 Å².